The molecule has 0 spiro atoms. The molecule has 0 aromatic carbocycles. The van der Waals surface area contributed by atoms with Crippen molar-refractivity contribution in [2.24, 2.45) is 0 Å². The lowest BCUT2D eigenvalue weighted by molar-refractivity contribution is -0.132. The minimum atomic E-state index is -0.497. The zero-order valence-electron chi connectivity index (χ0n) is 8.12. The quantitative estimate of drug-likeness (QED) is 0.656. The molecule has 0 radical (unpaired) electrons. The van der Waals surface area contributed by atoms with Crippen LogP contribution in [0.3, 0.4) is 0 Å². The van der Waals surface area contributed by atoms with Gasteiger partial charge in [-0.15, -0.1) is 0 Å². The summed E-state index contributed by atoms with van der Waals surface area (Å²) in [5.74, 6) is -0.106. The summed E-state index contributed by atoms with van der Waals surface area (Å²) in [4.78, 5) is 11.3. The molecule has 13 heavy (non-hydrogen) atoms. The Kier molecular flexibility index (Phi) is 3.69. The normalized spacial score (nSPS) is 30.1. The van der Waals surface area contributed by atoms with E-state index in [2.05, 4.69) is 5.32 Å². The Morgan fingerprint density at radius 2 is 2.38 bits per heavy atom. The average Bonchev–Trinajstić information content (AvgIpc) is 2.47. The van der Waals surface area contributed by atoms with Crippen LogP contribution in [0.25, 0.3) is 0 Å². The third-order valence-corrected chi connectivity index (χ3v) is 2.10. The van der Waals surface area contributed by atoms with E-state index in [1.807, 2.05) is 6.92 Å². The van der Waals surface area contributed by atoms with Crippen LogP contribution in [0, 0.1) is 0 Å². The molecule has 1 saturated heterocycles. The standard InChI is InChI=1S/C9H17NO3/c1-6(11)5-10-9(12)8-4-3-7(2)13-8/h6-8,11H,3-5H2,1-2H3,(H,10,12)/t6-,7-,8-/m0/s1. The molecule has 0 aliphatic carbocycles. The molecule has 4 heteroatoms. The van der Waals surface area contributed by atoms with Gasteiger partial charge in [-0.05, 0) is 26.7 Å². The second-order valence-electron chi connectivity index (χ2n) is 3.61. The average molecular weight is 187 g/mol. The van der Waals surface area contributed by atoms with E-state index in [1.165, 1.54) is 0 Å². The maximum absolute atomic E-state index is 11.3. The van der Waals surface area contributed by atoms with Crippen LogP contribution in [0.4, 0.5) is 0 Å². The molecule has 1 aliphatic heterocycles. The number of ether oxygens (including phenoxy) is 1. The van der Waals surface area contributed by atoms with Gasteiger partial charge in [0.2, 0.25) is 5.91 Å². The Hall–Kier alpha value is -0.610. The first kappa shape index (κ1) is 10.5. The number of aliphatic hydroxyl groups is 1. The van der Waals surface area contributed by atoms with E-state index in [0.717, 1.165) is 12.8 Å². The minimum absolute atomic E-state index is 0.106. The van der Waals surface area contributed by atoms with Gasteiger partial charge in [-0.1, -0.05) is 0 Å². The molecule has 2 N–H and O–H groups in total. The van der Waals surface area contributed by atoms with E-state index in [1.54, 1.807) is 6.92 Å². The number of carbonyl (C=O) groups is 1. The summed E-state index contributed by atoms with van der Waals surface area (Å²) in [6, 6.07) is 0. The molecule has 0 bridgehead atoms. The SMILES string of the molecule is C[C@H](O)CNC(=O)[C@@H]1CC[C@H](C)O1. The van der Waals surface area contributed by atoms with E-state index < -0.39 is 6.10 Å². The molecule has 3 atom stereocenters. The molecule has 1 fully saturated rings. The van der Waals surface area contributed by atoms with Crippen molar-refractivity contribution in [3.63, 3.8) is 0 Å². The van der Waals surface area contributed by atoms with Crippen LogP contribution in [-0.4, -0.2) is 35.9 Å². The fraction of sp³-hybridized carbons (Fsp3) is 0.889. The molecule has 1 aliphatic rings. The van der Waals surface area contributed by atoms with Crippen molar-refractivity contribution in [2.45, 2.75) is 45.0 Å². The van der Waals surface area contributed by atoms with Crippen LogP contribution in [0.2, 0.25) is 0 Å². The second kappa shape index (κ2) is 4.58. The van der Waals surface area contributed by atoms with Gasteiger partial charge in [0, 0.05) is 6.54 Å². The van der Waals surface area contributed by atoms with Gasteiger partial charge in [0.1, 0.15) is 6.10 Å². The lowest BCUT2D eigenvalue weighted by Gasteiger charge is -2.12. The second-order valence-corrected chi connectivity index (χ2v) is 3.61. The first-order valence-corrected chi connectivity index (χ1v) is 4.71. The number of amides is 1. The van der Waals surface area contributed by atoms with Crippen LogP contribution in [0.1, 0.15) is 26.7 Å². The first-order chi connectivity index (χ1) is 6.09. The summed E-state index contributed by atoms with van der Waals surface area (Å²) in [6.07, 6.45) is 1.10. The third kappa shape index (κ3) is 3.32. The minimum Gasteiger partial charge on any atom is -0.392 e. The van der Waals surface area contributed by atoms with Crippen molar-refractivity contribution in [1.82, 2.24) is 5.32 Å². The smallest absolute Gasteiger partial charge is 0.249 e. The molecule has 0 saturated carbocycles. The topological polar surface area (TPSA) is 58.6 Å². The van der Waals surface area contributed by atoms with Gasteiger partial charge in [0.05, 0.1) is 12.2 Å². The van der Waals surface area contributed by atoms with Crippen molar-refractivity contribution in [1.29, 1.82) is 0 Å². The number of hydrogen-bond acceptors (Lipinski definition) is 3. The maximum Gasteiger partial charge on any atom is 0.249 e. The van der Waals surface area contributed by atoms with Gasteiger partial charge >= 0.3 is 0 Å². The van der Waals surface area contributed by atoms with E-state index in [9.17, 15) is 4.79 Å². The zero-order chi connectivity index (χ0) is 9.84. The largest absolute Gasteiger partial charge is 0.392 e. The van der Waals surface area contributed by atoms with E-state index >= 15 is 0 Å². The van der Waals surface area contributed by atoms with Gasteiger partial charge in [-0.25, -0.2) is 0 Å². The Labute approximate surface area is 78.3 Å². The number of hydrogen-bond donors (Lipinski definition) is 2. The third-order valence-electron chi connectivity index (χ3n) is 2.10. The molecule has 0 aromatic heterocycles. The number of carbonyl (C=O) groups excluding carboxylic acids is 1. The van der Waals surface area contributed by atoms with Crippen molar-refractivity contribution < 1.29 is 14.6 Å². The molecule has 0 unspecified atom stereocenters. The molecular weight excluding hydrogens is 170 g/mol. The van der Waals surface area contributed by atoms with Gasteiger partial charge in [0.25, 0.3) is 0 Å². The molecular formula is C9H17NO3. The summed E-state index contributed by atoms with van der Waals surface area (Å²) >= 11 is 0. The van der Waals surface area contributed by atoms with E-state index in [-0.39, 0.29) is 18.1 Å². The van der Waals surface area contributed by atoms with E-state index in [4.69, 9.17) is 9.84 Å². The fourth-order valence-corrected chi connectivity index (χ4v) is 1.36. The summed E-state index contributed by atoms with van der Waals surface area (Å²) in [7, 11) is 0. The van der Waals surface area contributed by atoms with Gasteiger partial charge in [-0.2, -0.15) is 0 Å². The van der Waals surface area contributed by atoms with Crippen molar-refractivity contribution in [3.05, 3.63) is 0 Å². The molecule has 0 aromatic rings. The summed E-state index contributed by atoms with van der Waals surface area (Å²) < 4.78 is 5.36. The lowest BCUT2D eigenvalue weighted by Crippen LogP contribution is -2.38. The van der Waals surface area contributed by atoms with Crippen molar-refractivity contribution in [2.75, 3.05) is 6.54 Å². The van der Waals surface area contributed by atoms with Crippen LogP contribution < -0.4 is 5.32 Å². The van der Waals surface area contributed by atoms with Crippen LogP contribution in [-0.2, 0) is 9.53 Å². The Balaban J connectivity index is 2.24. The highest BCUT2D eigenvalue weighted by Crippen LogP contribution is 2.18. The Bertz CT molecular complexity index is 182. The highest BCUT2D eigenvalue weighted by atomic mass is 16.5. The van der Waals surface area contributed by atoms with Crippen LogP contribution >= 0.6 is 0 Å². The highest BCUT2D eigenvalue weighted by Gasteiger charge is 2.27. The van der Waals surface area contributed by atoms with Crippen LogP contribution in [0.5, 0.6) is 0 Å². The number of rotatable bonds is 3. The summed E-state index contributed by atoms with van der Waals surface area (Å²) in [5.41, 5.74) is 0. The Morgan fingerprint density at radius 1 is 1.69 bits per heavy atom. The van der Waals surface area contributed by atoms with Crippen molar-refractivity contribution in [3.8, 4) is 0 Å². The monoisotopic (exact) mass is 187 g/mol. The molecule has 1 rings (SSSR count). The number of aliphatic hydroxyl groups excluding tert-OH is 1. The van der Waals surface area contributed by atoms with E-state index in [0.29, 0.717) is 6.54 Å². The zero-order valence-corrected chi connectivity index (χ0v) is 8.12. The summed E-state index contributed by atoms with van der Waals surface area (Å²) in [5, 5.41) is 11.6. The molecule has 76 valence electrons. The molecule has 1 heterocycles. The van der Waals surface area contributed by atoms with Crippen LogP contribution in [0.15, 0.2) is 0 Å². The predicted octanol–water partition coefficient (Wildman–Crippen LogP) is 0.0509. The molecule has 4 nitrogen and oxygen atoms in total. The first-order valence-electron chi connectivity index (χ1n) is 4.71. The number of nitrogens with one attached hydrogen (secondary N) is 1. The fourth-order valence-electron chi connectivity index (χ4n) is 1.36. The van der Waals surface area contributed by atoms with Gasteiger partial charge in [0.15, 0.2) is 0 Å². The Morgan fingerprint density at radius 3 is 2.85 bits per heavy atom. The highest BCUT2D eigenvalue weighted by molar-refractivity contribution is 5.81. The van der Waals surface area contributed by atoms with Crippen molar-refractivity contribution >= 4 is 5.91 Å². The lowest BCUT2D eigenvalue weighted by atomic mass is 10.2. The maximum atomic E-state index is 11.3. The molecule has 1 amide bonds. The van der Waals surface area contributed by atoms with Gasteiger partial charge in [-0.3, -0.25) is 4.79 Å². The predicted molar refractivity (Wildman–Crippen MR) is 48.3 cm³/mol. The summed E-state index contributed by atoms with van der Waals surface area (Å²) in [6.45, 7) is 3.90. The van der Waals surface area contributed by atoms with Gasteiger partial charge < -0.3 is 15.2 Å².